The van der Waals surface area contributed by atoms with E-state index in [1.807, 2.05) is 18.2 Å². The van der Waals surface area contributed by atoms with Gasteiger partial charge in [-0.25, -0.2) is 4.39 Å². The Kier molecular flexibility index (Phi) is 3.40. The highest BCUT2D eigenvalue weighted by Crippen LogP contribution is 2.18. The minimum Gasteiger partial charge on any atom is -0.322 e. The molecule has 86 valence electrons. The van der Waals surface area contributed by atoms with E-state index in [1.165, 1.54) is 12.1 Å². The monoisotopic (exact) mass is 249 g/mol. The van der Waals surface area contributed by atoms with Crippen molar-refractivity contribution < 1.29 is 9.18 Å². The molecule has 2 aromatic rings. The van der Waals surface area contributed by atoms with Crippen molar-refractivity contribution in [3.8, 4) is 0 Å². The van der Waals surface area contributed by atoms with Gasteiger partial charge in [0.05, 0.1) is 10.6 Å². The highest BCUT2D eigenvalue weighted by molar-refractivity contribution is 6.34. The van der Waals surface area contributed by atoms with Gasteiger partial charge in [0, 0.05) is 5.69 Å². The summed E-state index contributed by atoms with van der Waals surface area (Å²) in [5.74, 6) is -0.826. The topological polar surface area (TPSA) is 29.1 Å². The van der Waals surface area contributed by atoms with Crippen LogP contribution in [0.5, 0.6) is 0 Å². The highest BCUT2D eigenvalue weighted by Gasteiger charge is 2.10. The summed E-state index contributed by atoms with van der Waals surface area (Å²) in [6.45, 7) is 0. The molecular formula is C13H9ClFNO. The van der Waals surface area contributed by atoms with Gasteiger partial charge >= 0.3 is 0 Å². The fraction of sp³-hybridized carbons (Fsp3) is 0. The normalized spacial score (nSPS) is 10.0. The Balaban J connectivity index is 2.21. The van der Waals surface area contributed by atoms with Gasteiger partial charge in [-0.05, 0) is 30.3 Å². The average Bonchev–Trinajstić information content (AvgIpc) is 2.30. The zero-order valence-corrected chi connectivity index (χ0v) is 9.54. The molecule has 0 fully saturated rings. The molecule has 0 heterocycles. The van der Waals surface area contributed by atoms with E-state index in [4.69, 9.17) is 11.6 Å². The molecule has 17 heavy (non-hydrogen) atoms. The summed E-state index contributed by atoms with van der Waals surface area (Å²) in [6.07, 6.45) is 0. The number of hydrogen-bond acceptors (Lipinski definition) is 1. The summed E-state index contributed by atoms with van der Waals surface area (Å²) < 4.78 is 12.8. The van der Waals surface area contributed by atoms with Gasteiger partial charge in [0.25, 0.3) is 5.91 Å². The molecule has 0 aliphatic carbocycles. The van der Waals surface area contributed by atoms with E-state index in [0.717, 1.165) is 6.07 Å². The third-order valence-electron chi connectivity index (χ3n) is 2.21. The number of rotatable bonds is 2. The van der Waals surface area contributed by atoms with Crippen LogP contribution in [-0.2, 0) is 0 Å². The van der Waals surface area contributed by atoms with Crippen LogP contribution in [0.3, 0.4) is 0 Å². The van der Waals surface area contributed by atoms with Gasteiger partial charge in [-0.15, -0.1) is 0 Å². The first kappa shape index (κ1) is 11.6. The number of nitrogens with one attached hydrogen (secondary N) is 1. The van der Waals surface area contributed by atoms with Crippen molar-refractivity contribution in [2.24, 2.45) is 0 Å². The fourth-order valence-corrected chi connectivity index (χ4v) is 1.65. The van der Waals surface area contributed by atoms with E-state index in [1.54, 1.807) is 12.1 Å². The Morgan fingerprint density at radius 3 is 2.47 bits per heavy atom. The summed E-state index contributed by atoms with van der Waals surface area (Å²) in [5.41, 5.74) is 0.912. The molecule has 2 nitrogen and oxygen atoms in total. The van der Waals surface area contributed by atoms with E-state index in [-0.39, 0.29) is 16.5 Å². The Bertz CT molecular complexity index is 542. The van der Waals surface area contributed by atoms with Crippen LogP contribution in [0.2, 0.25) is 5.02 Å². The van der Waals surface area contributed by atoms with Crippen LogP contribution in [0.25, 0.3) is 0 Å². The lowest BCUT2D eigenvalue weighted by atomic mass is 10.2. The molecule has 0 aliphatic heterocycles. The van der Waals surface area contributed by atoms with Crippen molar-refractivity contribution in [1.29, 1.82) is 0 Å². The number of hydrogen-bond donors (Lipinski definition) is 1. The van der Waals surface area contributed by atoms with Crippen molar-refractivity contribution in [2.75, 3.05) is 5.32 Å². The van der Waals surface area contributed by atoms with Crippen LogP contribution >= 0.6 is 11.6 Å². The molecule has 0 saturated carbocycles. The highest BCUT2D eigenvalue weighted by atomic mass is 35.5. The first-order valence-electron chi connectivity index (χ1n) is 4.98. The minimum absolute atomic E-state index is 0.0958. The number of para-hydroxylation sites is 1. The molecule has 2 aromatic carbocycles. The van der Waals surface area contributed by atoms with Crippen LogP contribution in [0.1, 0.15) is 10.4 Å². The minimum atomic E-state index is -0.466. The van der Waals surface area contributed by atoms with E-state index < -0.39 is 5.82 Å². The molecule has 0 aromatic heterocycles. The summed E-state index contributed by atoms with van der Waals surface area (Å²) in [6, 6.07) is 12.7. The number of carbonyl (C=O) groups is 1. The third kappa shape index (κ3) is 2.82. The third-order valence-corrected chi connectivity index (χ3v) is 2.52. The molecule has 0 bridgehead atoms. The van der Waals surface area contributed by atoms with E-state index >= 15 is 0 Å². The molecule has 1 N–H and O–H groups in total. The first-order chi connectivity index (χ1) is 8.16. The summed E-state index contributed by atoms with van der Waals surface area (Å²) in [7, 11) is 0. The van der Waals surface area contributed by atoms with Crippen LogP contribution in [0.4, 0.5) is 10.1 Å². The van der Waals surface area contributed by atoms with Gasteiger partial charge in [-0.1, -0.05) is 29.8 Å². The SMILES string of the molecule is O=C(Nc1ccccc1)c1ccc(F)cc1Cl. The zero-order chi connectivity index (χ0) is 12.3. The number of benzene rings is 2. The molecule has 0 atom stereocenters. The van der Waals surface area contributed by atoms with Crippen molar-refractivity contribution >= 4 is 23.2 Å². The molecule has 0 saturated heterocycles. The molecule has 4 heteroatoms. The second-order valence-electron chi connectivity index (χ2n) is 3.44. The maximum Gasteiger partial charge on any atom is 0.257 e. The fourth-order valence-electron chi connectivity index (χ4n) is 1.39. The van der Waals surface area contributed by atoms with Gasteiger partial charge in [0.2, 0.25) is 0 Å². The van der Waals surface area contributed by atoms with E-state index in [9.17, 15) is 9.18 Å². The predicted molar refractivity (Wildman–Crippen MR) is 65.8 cm³/mol. The van der Waals surface area contributed by atoms with Crippen LogP contribution in [0, 0.1) is 5.82 Å². The van der Waals surface area contributed by atoms with E-state index in [0.29, 0.717) is 5.69 Å². The molecule has 0 unspecified atom stereocenters. The van der Waals surface area contributed by atoms with Gasteiger partial charge < -0.3 is 5.32 Å². The number of carbonyl (C=O) groups excluding carboxylic acids is 1. The van der Waals surface area contributed by atoms with Crippen LogP contribution in [-0.4, -0.2) is 5.91 Å². The summed E-state index contributed by atoms with van der Waals surface area (Å²) >= 11 is 5.79. The Morgan fingerprint density at radius 2 is 1.82 bits per heavy atom. The summed E-state index contributed by atoms with van der Waals surface area (Å²) in [4.78, 5) is 11.8. The molecule has 2 rings (SSSR count). The first-order valence-corrected chi connectivity index (χ1v) is 5.36. The number of halogens is 2. The van der Waals surface area contributed by atoms with Crippen molar-refractivity contribution in [2.45, 2.75) is 0 Å². The zero-order valence-electron chi connectivity index (χ0n) is 8.78. The van der Waals surface area contributed by atoms with Gasteiger partial charge in [-0.3, -0.25) is 4.79 Å². The average molecular weight is 250 g/mol. The molecule has 0 spiro atoms. The summed E-state index contributed by atoms with van der Waals surface area (Å²) in [5, 5.41) is 2.77. The Labute approximate surface area is 103 Å². The lowest BCUT2D eigenvalue weighted by Gasteiger charge is -2.06. The Morgan fingerprint density at radius 1 is 1.12 bits per heavy atom. The largest absolute Gasteiger partial charge is 0.322 e. The van der Waals surface area contributed by atoms with Crippen molar-refractivity contribution in [1.82, 2.24) is 0 Å². The van der Waals surface area contributed by atoms with E-state index in [2.05, 4.69) is 5.32 Å². The van der Waals surface area contributed by atoms with Crippen LogP contribution < -0.4 is 5.32 Å². The van der Waals surface area contributed by atoms with Gasteiger partial charge in [-0.2, -0.15) is 0 Å². The maximum absolute atomic E-state index is 12.8. The second kappa shape index (κ2) is 4.97. The van der Waals surface area contributed by atoms with Crippen molar-refractivity contribution in [3.05, 3.63) is 64.9 Å². The number of amides is 1. The Hall–Kier alpha value is -1.87. The maximum atomic E-state index is 12.8. The van der Waals surface area contributed by atoms with Crippen LogP contribution in [0.15, 0.2) is 48.5 Å². The molecule has 0 aliphatic rings. The van der Waals surface area contributed by atoms with Crippen molar-refractivity contribution in [3.63, 3.8) is 0 Å². The number of anilines is 1. The molecule has 1 amide bonds. The molecule has 0 radical (unpaired) electrons. The lowest BCUT2D eigenvalue weighted by molar-refractivity contribution is 0.102. The lowest BCUT2D eigenvalue weighted by Crippen LogP contribution is -2.12. The quantitative estimate of drug-likeness (QED) is 0.863. The molecular weight excluding hydrogens is 241 g/mol. The van der Waals surface area contributed by atoms with Gasteiger partial charge in [0.1, 0.15) is 5.82 Å². The predicted octanol–water partition coefficient (Wildman–Crippen LogP) is 3.73. The van der Waals surface area contributed by atoms with Gasteiger partial charge in [0.15, 0.2) is 0 Å². The smallest absolute Gasteiger partial charge is 0.257 e. The second-order valence-corrected chi connectivity index (χ2v) is 3.85. The standard InChI is InChI=1S/C13H9ClFNO/c14-12-8-9(15)6-7-11(12)13(17)16-10-4-2-1-3-5-10/h1-8H,(H,16,17).